The summed E-state index contributed by atoms with van der Waals surface area (Å²) in [6, 6.07) is 9.66. The highest BCUT2D eigenvalue weighted by Gasteiger charge is 2.14. The lowest BCUT2D eigenvalue weighted by molar-refractivity contribution is 0.504. The summed E-state index contributed by atoms with van der Waals surface area (Å²) in [5.41, 5.74) is 2.67. The van der Waals surface area contributed by atoms with Crippen molar-refractivity contribution >= 4 is 23.3 Å². The number of imidazole rings is 1. The standard InChI is InChI=1S/C14H10F2N2S/c1-8-4-2-7-11-13(8)17-14(19)18(11)10-6-3-5-9(15)12(10)16/h2-7H,1H3,(H,17,19). The second kappa shape index (κ2) is 4.28. The Hall–Kier alpha value is -2.01. The molecular weight excluding hydrogens is 266 g/mol. The number of nitrogens with zero attached hydrogens (tertiary/aromatic N) is 1. The predicted octanol–water partition coefficient (Wildman–Crippen LogP) is 4.27. The van der Waals surface area contributed by atoms with Gasteiger partial charge in [-0.1, -0.05) is 18.2 Å². The van der Waals surface area contributed by atoms with E-state index in [0.29, 0.717) is 4.77 Å². The zero-order valence-corrected chi connectivity index (χ0v) is 10.9. The minimum absolute atomic E-state index is 0.113. The summed E-state index contributed by atoms with van der Waals surface area (Å²) in [5, 5.41) is 0. The van der Waals surface area contributed by atoms with E-state index in [0.717, 1.165) is 22.7 Å². The van der Waals surface area contributed by atoms with Crippen LogP contribution >= 0.6 is 12.2 Å². The highest BCUT2D eigenvalue weighted by Crippen LogP contribution is 2.24. The van der Waals surface area contributed by atoms with Crippen molar-refractivity contribution in [1.29, 1.82) is 0 Å². The van der Waals surface area contributed by atoms with Crippen LogP contribution in [-0.4, -0.2) is 9.55 Å². The number of hydrogen-bond donors (Lipinski definition) is 1. The fourth-order valence-electron chi connectivity index (χ4n) is 2.18. The normalized spacial score (nSPS) is 11.1. The minimum Gasteiger partial charge on any atom is -0.330 e. The van der Waals surface area contributed by atoms with Crippen LogP contribution in [0.15, 0.2) is 36.4 Å². The maximum Gasteiger partial charge on any atom is 0.182 e. The molecule has 0 aliphatic rings. The molecule has 0 saturated carbocycles. The number of benzene rings is 2. The molecule has 0 atom stereocenters. The van der Waals surface area contributed by atoms with Crippen molar-refractivity contribution in [2.45, 2.75) is 6.92 Å². The Balaban J connectivity index is 2.44. The summed E-state index contributed by atoms with van der Waals surface area (Å²) in [6.07, 6.45) is 0. The van der Waals surface area contributed by atoms with E-state index in [4.69, 9.17) is 12.2 Å². The van der Waals surface area contributed by atoms with E-state index >= 15 is 0 Å². The molecule has 0 aliphatic carbocycles. The number of rotatable bonds is 1. The van der Waals surface area contributed by atoms with Crippen molar-refractivity contribution in [1.82, 2.24) is 9.55 Å². The Morgan fingerprint density at radius 2 is 1.84 bits per heavy atom. The lowest BCUT2D eigenvalue weighted by Crippen LogP contribution is -1.99. The molecule has 96 valence electrons. The van der Waals surface area contributed by atoms with Crippen LogP contribution in [-0.2, 0) is 0 Å². The molecule has 0 amide bonds. The maximum absolute atomic E-state index is 13.9. The average molecular weight is 276 g/mol. The van der Waals surface area contributed by atoms with Gasteiger partial charge in [0.25, 0.3) is 0 Å². The molecule has 3 aromatic rings. The second-order valence-electron chi connectivity index (χ2n) is 4.31. The van der Waals surface area contributed by atoms with Crippen LogP contribution in [0.2, 0.25) is 0 Å². The first kappa shape index (κ1) is 12.0. The van der Waals surface area contributed by atoms with E-state index < -0.39 is 11.6 Å². The molecule has 1 N–H and O–H groups in total. The molecule has 0 saturated heterocycles. The van der Waals surface area contributed by atoms with Crippen molar-refractivity contribution in [3.63, 3.8) is 0 Å². The monoisotopic (exact) mass is 276 g/mol. The number of nitrogens with one attached hydrogen (secondary N) is 1. The SMILES string of the molecule is Cc1cccc2c1[nH]c(=S)n2-c1cccc(F)c1F. The summed E-state index contributed by atoms with van der Waals surface area (Å²) in [6.45, 7) is 1.93. The topological polar surface area (TPSA) is 20.7 Å². The average Bonchev–Trinajstić information content (AvgIpc) is 2.71. The van der Waals surface area contributed by atoms with Crippen LogP contribution in [0, 0.1) is 23.3 Å². The van der Waals surface area contributed by atoms with Crippen molar-refractivity contribution in [3.05, 3.63) is 58.4 Å². The molecule has 0 bridgehead atoms. The Bertz CT molecular complexity index is 833. The Morgan fingerprint density at radius 3 is 2.63 bits per heavy atom. The molecule has 5 heteroatoms. The van der Waals surface area contributed by atoms with E-state index in [1.54, 1.807) is 0 Å². The quantitative estimate of drug-likeness (QED) is 0.658. The third kappa shape index (κ3) is 1.77. The lowest BCUT2D eigenvalue weighted by atomic mass is 10.2. The predicted molar refractivity (Wildman–Crippen MR) is 73.1 cm³/mol. The van der Waals surface area contributed by atoms with Crippen molar-refractivity contribution in [3.8, 4) is 5.69 Å². The molecule has 1 aromatic heterocycles. The largest absolute Gasteiger partial charge is 0.330 e. The molecule has 0 unspecified atom stereocenters. The number of aryl methyl sites for hydroxylation is 1. The molecule has 2 nitrogen and oxygen atoms in total. The number of halogens is 2. The smallest absolute Gasteiger partial charge is 0.182 e. The number of fused-ring (bicyclic) bond motifs is 1. The van der Waals surface area contributed by atoms with E-state index in [1.165, 1.54) is 16.7 Å². The molecule has 19 heavy (non-hydrogen) atoms. The van der Waals surface area contributed by atoms with E-state index in [9.17, 15) is 8.78 Å². The first-order chi connectivity index (χ1) is 9.09. The fourth-order valence-corrected chi connectivity index (χ4v) is 2.48. The summed E-state index contributed by atoms with van der Waals surface area (Å²) < 4.78 is 29.1. The molecular formula is C14H10F2N2S. The zero-order valence-electron chi connectivity index (χ0n) is 10.1. The summed E-state index contributed by atoms with van der Waals surface area (Å²) >= 11 is 5.22. The second-order valence-corrected chi connectivity index (χ2v) is 4.69. The summed E-state index contributed by atoms with van der Waals surface area (Å²) in [5.74, 6) is -1.79. The van der Waals surface area contributed by atoms with E-state index in [-0.39, 0.29) is 5.69 Å². The van der Waals surface area contributed by atoms with Gasteiger partial charge in [-0.3, -0.25) is 4.57 Å². The van der Waals surface area contributed by atoms with Gasteiger partial charge in [-0.25, -0.2) is 8.78 Å². The van der Waals surface area contributed by atoms with Crippen molar-refractivity contribution < 1.29 is 8.78 Å². The van der Waals surface area contributed by atoms with Crippen LogP contribution < -0.4 is 0 Å². The van der Waals surface area contributed by atoms with E-state index in [1.807, 2.05) is 25.1 Å². The lowest BCUT2D eigenvalue weighted by Gasteiger charge is -2.06. The first-order valence-electron chi connectivity index (χ1n) is 5.74. The zero-order chi connectivity index (χ0) is 13.6. The molecule has 3 rings (SSSR count). The Morgan fingerprint density at radius 1 is 1.11 bits per heavy atom. The van der Waals surface area contributed by atoms with Crippen LogP contribution in [0.1, 0.15) is 5.56 Å². The van der Waals surface area contributed by atoms with Gasteiger partial charge < -0.3 is 4.98 Å². The van der Waals surface area contributed by atoms with Crippen LogP contribution in [0.25, 0.3) is 16.7 Å². The van der Waals surface area contributed by atoms with Gasteiger partial charge in [0.05, 0.1) is 16.7 Å². The third-order valence-electron chi connectivity index (χ3n) is 3.10. The molecule has 0 fully saturated rings. The maximum atomic E-state index is 13.9. The molecule has 0 spiro atoms. The number of H-pyrrole nitrogens is 1. The molecule has 2 aromatic carbocycles. The number of para-hydroxylation sites is 1. The van der Waals surface area contributed by atoms with E-state index in [2.05, 4.69) is 4.98 Å². The molecule has 1 heterocycles. The third-order valence-corrected chi connectivity index (χ3v) is 3.38. The van der Waals surface area contributed by atoms with Crippen molar-refractivity contribution in [2.75, 3.05) is 0 Å². The number of hydrogen-bond acceptors (Lipinski definition) is 1. The number of aromatic nitrogens is 2. The van der Waals surface area contributed by atoms with Gasteiger partial charge >= 0.3 is 0 Å². The van der Waals surface area contributed by atoms with Crippen LogP contribution in [0.4, 0.5) is 8.78 Å². The van der Waals surface area contributed by atoms with Gasteiger partial charge in [0, 0.05) is 0 Å². The highest BCUT2D eigenvalue weighted by atomic mass is 32.1. The molecule has 0 aliphatic heterocycles. The minimum atomic E-state index is -0.902. The molecule has 0 radical (unpaired) electrons. The van der Waals surface area contributed by atoms with Crippen LogP contribution in [0.3, 0.4) is 0 Å². The summed E-state index contributed by atoms with van der Waals surface area (Å²) in [4.78, 5) is 3.03. The Kier molecular flexibility index (Phi) is 2.71. The number of aromatic amines is 1. The summed E-state index contributed by atoms with van der Waals surface area (Å²) in [7, 11) is 0. The van der Waals surface area contributed by atoms with Gasteiger partial charge in [0.15, 0.2) is 16.4 Å². The highest BCUT2D eigenvalue weighted by molar-refractivity contribution is 7.71. The van der Waals surface area contributed by atoms with Gasteiger partial charge in [0.2, 0.25) is 0 Å². The fraction of sp³-hybridized carbons (Fsp3) is 0.0714. The van der Waals surface area contributed by atoms with Gasteiger partial charge in [-0.05, 0) is 42.9 Å². The van der Waals surface area contributed by atoms with Gasteiger partial charge in [-0.2, -0.15) is 0 Å². The van der Waals surface area contributed by atoms with Gasteiger partial charge in [0.1, 0.15) is 0 Å². The van der Waals surface area contributed by atoms with Gasteiger partial charge in [-0.15, -0.1) is 0 Å². The first-order valence-corrected chi connectivity index (χ1v) is 6.15. The van der Waals surface area contributed by atoms with Crippen LogP contribution in [0.5, 0.6) is 0 Å². The Labute approximate surface area is 113 Å². The van der Waals surface area contributed by atoms with Crippen molar-refractivity contribution in [2.24, 2.45) is 0 Å².